The van der Waals surface area contributed by atoms with Crippen LogP contribution in [0.2, 0.25) is 0 Å². The van der Waals surface area contributed by atoms with E-state index in [9.17, 15) is 9.59 Å². The molecule has 0 bridgehead atoms. The van der Waals surface area contributed by atoms with E-state index < -0.39 is 0 Å². The van der Waals surface area contributed by atoms with Gasteiger partial charge in [-0.3, -0.25) is 9.59 Å². The lowest BCUT2D eigenvalue weighted by molar-refractivity contribution is -0.133. The van der Waals surface area contributed by atoms with Crippen molar-refractivity contribution in [3.05, 3.63) is 59.6 Å². The molecule has 1 N–H and O–H groups in total. The summed E-state index contributed by atoms with van der Waals surface area (Å²) in [5, 5.41) is 5.79. The average molecular weight is 480 g/mol. The van der Waals surface area contributed by atoms with Gasteiger partial charge in [0.25, 0.3) is 0 Å². The van der Waals surface area contributed by atoms with Crippen molar-refractivity contribution in [3.8, 4) is 22.1 Å². The van der Waals surface area contributed by atoms with E-state index in [1.54, 1.807) is 7.11 Å². The summed E-state index contributed by atoms with van der Waals surface area (Å²) in [6.45, 7) is 3.72. The van der Waals surface area contributed by atoms with E-state index >= 15 is 0 Å². The van der Waals surface area contributed by atoms with Crippen LogP contribution in [0.3, 0.4) is 0 Å². The Balaban J connectivity index is 1.28. The molecular formula is C26H29N3O4S. The van der Waals surface area contributed by atoms with Gasteiger partial charge in [-0.2, -0.15) is 0 Å². The number of methoxy groups -OCH3 is 1. The van der Waals surface area contributed by atoms with Crippen LogP contribution in [-0.2, 0) is 16.0 Å². The van der Waals surface area contributed by atoms with Crippen LogP contribution in [0.1, 0.15) is 25.5 Å². The van der Waals surface area contributed by atoms with E-state index in [0.717, 1.165) is 22.0 Å². The van der Waals surface area contributed by atoms with Crippen molar-refractivity contribution in [2.45, 2.75) is 26.2 Å². The second kappa shape index (κ2) is 11.2. The molecule has 0 spiro atoms. The number of carbonyl (C=O) groups is 2. The van der Waals surface area contributed by atoms with Crippen molar-refractivity contribution in [2.75, 3.05) is 32.1 Å². The Morgan fingerprint density at radius 3 is 2.56 bits per heavy atom. The molecule has 0 radical (unpaired) electrons. The number of anilines is 1. The summed E-state index contributed by atoms with van der Waals surface area (Å²) in [6.07, 6.45) is 1.55. The van der Waals surface area contributed by atoms with Gasteiger partial charge in [0.15, 0.2) is 0 Å². The molecule has 1 aromatic heterocycles. The molecule has 2 amide bonds. The number of ether oxygens (including phenoxy) is 2. The Hall–Kier alpha value is -3.39. The van der Waals surface area contributed by atoms with Crippen molar-refractivity contribution in [3.63, 3.8) is 0 Å². The fourth-order valence-corrected chi connectivity index (χ4v) is 4.85. The predicted molar refractivity (Wildman–Crippen MR) is 133 cm³/mol. The number of amides is 2. The zero-order valence-electron chi connectivity index (χ0n) is 19.5. The number of nitrogens with one attached hydrogen (secondary N) is 1. The minimum Gasteiger partial charge on any atom is -0.495 e. The first-order chi connectivity index (χ1) is 16.6. The first-order valence-electron chi connectivity index (χ1n) is 11.5. The first-order valence-corrected chi connectivity index (χ1v) is 12.3. The fourth-order valence-electron chi connectivity index (χ4n) is 4.02. The third-order valence-corrected chi connectivity index (χ3v) is 6.82. The second-order valence-corrected chi connectivity index (χ2v) is 8.98. The van der Waals surface area contributed by atoms with Crippen molar-refractivity contribution < 1.29 is 19.1 Å². The summed E-state index contributed by atoms with van der Waals surface area (Å²) >= 11 is 1.53. The van der Waals surface area contributed by atoms with Crippen LogP contribution >= 0.6 is 11.3 Å². The van der Waals surface area contributed by atoms with Gasteiger partial charge in [-0.1, -0.05) is 12.1 Å². The molecule has 34 heavy (non-hydrogen) atoms. The molecule has 1 fully saturated rings. The Morgan fingerprint density at radius 1 is 1.12 bits per heavy atom. The molecule has 7 nitrogen and oxygen atoms in total. The molecule has 0 unspecified atom stereocenters. The van der Waals surface area contributed by atoms with E-state index in [2.05, 4.69) is 10.3 Å². The number of nitrogens with zero attached hydrogens (tertiary/aromatic N) is 2. The Morgan fingerprint density at radius 2 is 1.85 bits per heavy atom. The number of aromatic nitrogens is 1. The third-order valence-electron chi connectivity index (χ3n) is 5.88. The molecule has 0 saturated carbocycles. The first kappa shape index (κ1) is 23.8. The van der Waals surface area contributed by atoms with Crippen LogP contribution in [0.4, 0.5) is 5.69 Å². The summed E-state index contributed by atoms with van der Waals surface area (Å²) < 4.78 is 10.8. The summed E-state index contributed by atoms with van der Waals surface area (Å²) in [6, 6.07) is 15.2. The van der Waals surface area contributed by atoms with E-state index in [4.69, 9.17) is 9.47 Å². The molecule has 2 heterocycles. The average Bonchev–Trinajstić information content (AvgIpc) is 3.33. The van der Waals surface area contributed by atoms with Crippen LogP contribution in [0.15, 0.2) is 53.9 Å². The van der Waals surface area contributed by atoms with Crippen LogP contribution < -0.4 is 14.8 Å². The van der Waals surface area contributed by atoms with Gasteiger partial charge in [-0.05, 0) is 56.2 Å². The standard InChI is InChI=1S/C26H29N3O4S/c1-3-33-21-10-8-19(9-11-21)26-27-20(17-34-26)16-24(30)29-14-12-18(13-15-29)25(31)28-22-6-4-5-7-23(22)32-2/h4-11,17-18H,3,12-16H2,1-2H3,(H,28,31). The van der Waals surface area contributed by atoms with E-state index in [1.165, 1.54) is 11.3 Å². The topological polar surface area (TPSA) is 80.8 Å². The predicted octanol–water partition coefficient (Wildman–Crippen LogP) is 4.64. The lowest BCUT2D eigenvalue weighted by atomic mass is 9.95. The van der Waals surface area contributed by atoms with Crippen LogP contribution in [0.5, 0.6) is 11.5 Å². The minimum absolute atomic E-state index is 0.0314. The van der Waals surface area contributed by atoms with Gasteiger partial charge < -0.3 is 19.7 Å². The smallest absolute Gasteiger partial charge is 0.228 e. The fraction of sp³-hybridized carbons (Fsp3) is 0.346. The van der Waals surface area contributed by atoms with Gasteiger partial charge >= 0.3 is 0 Å². The van der Waals surface area contributed by atoms with Gasteiger partial charge in [0.2, 0.25) is 11.8 Å². The van der Waals surface area contributed by atoms with Gasteiger partial charge in [0.05, 0.1) is 31.5 Å². The summed E-state index contributed by atoms with van der Waals surface area (Å²) in [5.41, 5.74) is 2.45. The molecule has 178 valence electrons. The molecule has 3 aromatic rings. The van der Waals surface area contributed by atoms with Gasteiger partial charge in [0, 0.05) is 30.0 Å². The molecule has 1 saturated heterocycles. The maximum absolute atomic E-state index is 12.8. The number of likely N-dealkylation sites (tertiary alicyclic amines) is 1. The highest BCUT2D eigenvalue weighted by atomic mass is 32.1. The zero-order chi connectivity index (χ0) is 23.9. The number of hydrogen-bond donors (Lipinski definition) is 1. The molecule has 0 atom stereocenters. The van der Waals surface area contributed by atoms with Crippen molar-refractivity contribution in [1.29, 1.82) is 0 Å². The largest absolute Gasteiger partial charge is 0.495 e. The summed E-state index contributed by atoms with van der Waals surface area (Å²) in [7, 11) is 1.58. The third kappa shape index (κ3) is 5.75. The zero-order valence-corrected chi connectivity index (χ0v) is 20.3. The summed E-state index contributed by atoms with van der Waals surface area (Å²) in [4.78, 5) is 32.0. The number of piperidine rings is 1. The van der Waals surface area contributed by atoms with E-state index in [1.807, 2.05) is 65.7 Å². The van der Waals surface area contributed by atoms with Gasteiger partial charge in [-0.15, -0.1) is 11.3 Å². The highest BCUT2D eigenvalue weighted by Crippen LogP contribution is 2.28. The SMILES string of the molecule is CCOc1ccc(-c2nc(CC(=O)N3CCC(C(=O)Nc4ccccc4OC)CC3)cs2)cc1. The van der Waals surface area contributed by atoms with Crippen LogP contribution in [-0.4, -0.2) is 48.5 Å². The highest BCUT2D eigenvalue weighted by Gasteiger charge is 2.28. The molecule has 4 rings (SSSR count). The molecule has 2 aromatic carbocycles. The monoisotopic (exact) mass is 479 g/mol. The number of carbonyl (C=O) groups excluding carboxylic acids is 2. The van der Waals surface area contributed by atoms with Crippen LogP contribution in [0, 0.1) is 5.92 Å². The van der Waals surface area contributed by atoms with E-state index in [-0.39, 0.29) is 24.2 Å². The lowest BCUT2D eigenvalue weighted by Gasteiger charge is -2.31. The number of rotatable bonds is 8. The van der Waals surface area contributed by atoms with Gasteiger partial charge in [-0.25, -0.2) is 4.98 Å². The number of benzene rings is 2. The maximum Gasteiger partial charge on any atom is 0.228 e. The molecular weight excluding hydrogens is 450 g/mol. The van der Waals surface area contributed by atoms with Gasteiger partial charge in [0.1, 0.15) is 16.5 Å². The lowest BCUT2D eigenvalue weighted by Crippen LogP contribution is -2.42. The Kier molecular flexibility index (Phi) is 7.80. The van der Waals surface area contributed by atoms with Crippen molar-refractivity contribution >= 4 is 28.8 Å². The Bertz CT molecular complexity index is 1120. The normalized spacial score (nSPS) is 14.0. The summed E-state index contributed by atoms with van der Waals surface area (Å²) in [5.74, 6) is 1.36. The van der Waals surface area contributed by atoms with E-state index in [0.29, 0.717) is 44.0 Å². The molecule has 1 aliphatic rings. The van der Waals surface area contributed by atoms with Crippen molar-refractivity contribution in [1.82, 2.24) is 9.88 Å². The molecule has 0 aliphatic carbocycles. The number of thiazole rings is 1. The number of hydrogen-bond acceptors (Lipinski definition) is 6. The van der Waals surface area contributed by atoms with Crippen LogP contribution in [0.25, 0.3) is 10.6 Å². The molecule has 1 aliphatic heterocycles. The maximum atomic E-state index is 12.8. The highest BCUT2D eigenvalue weighted by molar-refractivity contribution is 7.13. The Labute approximate surface area is 203 Å². The quantitative estimate of drug-likeness (QED) is 0.509. The minimum atomic E-state index is -0.125. The van der Waals surface area contributed by atoms with Crippen molar-refractivity contribution in [2.24, 2.45) is 5.92 Å². The second-order valence-electron chi connectivity index (χ2n) is 8.12. The number of para-hydroxylation sites is 2. The molecule has 8 heteroatoms.